The molecule has 1 fully saturated rings. The SMILES string of the molecule is CC(N)(CCCOCC1CC1)C(=O)O. The molecule has 1 rings (SSSR count). The molecule has 0 heterocycles. The van der Waals surface area contributed by atoms with Crippen LogP contribution in [0, 0.1) is 5.92 Å². The van der Waals surface area contributed by atoms with Crippen LogP contribution in [-0.4, -0.2) is 29.8 Å². The summed E-state index contributed by atoms with van der Waals surface area (Å²) in [4.78, 5) is 10.6. The van der Waals surface area contributed by atoms with Gasteiger partial charge < -0.3 is 15.6 Å². The van der Waals surface area contributed by atoms with Crippen LogP contribution >= 0.6 is 0 Å². The molecule has 1 saturated carbocycles. The molecule has 0 aromatic carbocycles. The van der Waals surface area contributed by atoms with Gasteiger partial charge >= 0.3 is 5.97 Å². The molecule has 0 amide bonds. The van der Waals surface area contributed by atoms with Gasteiger partial charge in [-0.1, -0.05) is 0 Å². The quantitative estimate of drug-likeness (QED) is 0.603. The number of carboxylic acids is 1. The Morgan fingerprint density at radius 2 is 2.29 bits per heavy atom. The van der Waals surface area contributed by atoms with Crippen LogP contribution in [0.5, 0.6) is 0 Å². The Labute approximate surface area is 84.4 Å². The first-order valence-corrected chi connectivity index (χ1v) is 5.12. The van der Waals surface area contributed by atoms with Crippen molar-refractivity contribution in [1.29, 1.82) is 0 Å². The Morgan fingerprint density at radius 3 is 2.79 bits per heavy atom. The smallest absolute Gasteiger partial charge is 0.323 e. The van der Waals surface area contributed by atoms with Gasteiger partial charge in [0, 0.05) is 13.2 Å². The van der Waals surface area contributed by atoms with E-state index in [2.05, 4.69) is 0 Å². The molecule has 3 N–H and O–H groups in total. The second-order valence-corrected chi connectivity index (χ2v) is 4.34. The summed E-state index contributed by atoms with van der Waals surface area (Å²) in [5, 5.41) is 8.73. The number of carbonyl (C=O) groups is 1. The number of carboxylic acid groups (broad SMARTS) is 1. The van der Waals surface area contributed by atoms with Crippen LogP contribution < -0.4 is 5.73 Å². The van der Waals surface area contributed by atoms with Crippen molar-refractivity contribution in [3.63, 3.8) is 0 Å². The molecule has 0 spiro atoms. The molecule has 0 aliphatic heterocycles. The van der Waals surface area contributed by atoms with E-state index in [-0.39, 0.29) is 0 Å². The second kappa shape index (κ2) is 4.75. The van der Waals surface area contributed by atoms with Crippen LogP contribution in [0.4, 0.5) is 0 Å². The van der Waals surface area contributed by atoms with Crippen molar-refractivity contribution < 1.29 is 14.6 Å². The third kappa shape index (κ3) is 4.07. The summed E-state index contributed by atoms with van der Waals surface area (Å²) in [5.74, 6) is -0.182. The monoisotopic (exact) mass is 201 g/mol. The van der Waals surface area contributed by atoms with E-state index in [0.717, 1.165) is 12.5 Å². The maximum atomic E-state index is 10.6. The minimum atomic E-state index is -1.11. The highest BCUT2D eigenvalue weighted by Crippen LogP contribution is 2.28. The predicted molar refractivity (Wildman–Crippen MR) is 53.0 cm³/mol. The average Bonchev–Trinajstić information content (AvgIpc) is 2.87. The zero-order valence-electron chi connectivity index (χ0n) is 8.66. The first kappa shape index (κ1) is 11.5. The molecule has 0 aromatic rings. The molecule has 0 bridgehead atoms. The fourth-order valence-electron chi connectivity index (χ4n) is 1.18. The van der Waals surface area contributed by atoms with Crippen molar-refractivity contribution >= 4 is 5.97 Å². The number of rotatable bonds is 7. The average molecular weight is 201 g/mol. The molecule has 1 aliphatic rings. The van der Waals surface area contributed by atoms with Gasteiger partial charge in [-0.25, -0.2) is 0 Å². The van der Waals surface area contributed by atoms with Crippen LogP contribution in [0.3, 0.4) is 0 Å². The predicted octanol–water partition coefficient (Wildman–Crippen LogP) is 0.995. The van der Waals surface area contributed by atoms with E-state index in [1.54, 1.807) is 0 Å². The molecule has 4 heteroatoms. The molecule has 82 valence electrons. The van der Waals surface area contributed by atoms with Crippen molar-refractivity contribution in [3.8, 4) is 0 Å². The van der Waals surface area contributed by atoms with Gasteiger partial charge in [-0.3, -0.25) is 4.79 Å². The summed E-state index contributed by atoms with van der Waals surface area (Å²) in [6, 6.07) is 0. The minimum absolute atomic E-state index is 0.465. The van der Waals surface area contributed by atoms with Gasteiger partial charge in [0.1, 0.15) is 5.54 Å². The van der Waals surface area contributed by atoms with Crippen molar-refractivity contribution in [3.05, 3.63) is 0 Å². The van der Waals surface area contributed by atoms with E-state index in [1.807, 2.05) is 0 Å². The molecule has 0 saturated heterocycles. The topological polar surface area (TPSA) is 72.5 Å². The molecule has 0 aromatic heterocycles. The number of hydrogen-bond donors (Lipinski definition) is 2. The van der Waals surface area contributed by atoms with Gasteiger partial charge in [-0.15, -0.1) is 0 Å². The molecular formula is C10H19NO3. The summed E-state index contributed by atoms with van der Waals surface area (Å²) in [7, 11) is 0. The lowest BCUT2D eigenvalue weighted by atomic mass is 9.98. The Morgan fingerprint density at radius 1 is 1.64 bits per heavy atom. The third-order valence-corrected chi connectivity index (χ3v) is 2.52. The number of nitrogens with two attached hydrogens (primary N) is 1. The van der Waals surface area contributed by atoms with Crippen LogP contribution in [0.15, 0.2) is 0 Å². The van der Waals surface area contributed by atoms with E-state index < -0.39 is 11.5 Å². The lowest BCUT2D eigenvalue weighted by Crippen LogP contribution is -2.44. The maximum absolute atomic E-state index is 10.6. The standard InChI is InChI=1S/C10H19NO3/c1-10(11,9(12)13)5-2-6-14-7-8-3-4-8/h8H,2-7,11H2,1H3,(H,12,13). The highest BCUT2D eigenvalue weighted by atomic mass is 16.5. The summed E-state index contributed by atoms with van der Waals surface area (Å²) in [6.07, 6.45) is 3.74. The Balaban J connectivity index is 1.98. The van der Waals surface area contributed by atoms with Gasteiger partial charge in [-0.2, -0.15) is 0 Å². The number of hydrogen-bond acceptors (Lipinski definition) is 3. The molecule has 1 aliphatic carbocycles. The minimum Gasteiger partial charge on any atom is -0.480 e. The third-order valence-electron chi connectivity index (χ3n) is 2.52. The Hall–Kier alpha value is -0.610. The zero-order valence-corrected chi connectivity index (χ0v) is 8.66. The highest BCUT2D eigenvalue weighted by Gasteiger charge is 2.27. The van der Waals surface area contributed by atoms with Gasteiger partial charge in [-0.05, 0) is 38.5 Å². The first-order chi connectivity index (χ1) is 6.52. The van der Waals surface area contributed by atoms with Crippen LogP contribution in [0.25, 0.3) is 0 Å². The van der Waals surface area contributed by atoms with Crippen LogP contribution in [0.1, 0.15) is 32.6 Å². The fraction of sp³-hybridized carbons (Fsp3) is 0.900. The normalized spacial score (nSPS) is 20.4. The van der Waals surface area contributed by atoms with Gasteiger partial charge in [0.05, 0.1) is 0 Å². The van der Waals surface area contributed by atoms with Crippen LogP contribution in [0.2, 0.25) is 0 Å². The number of aliphatic carboxylic acids is 1. The molecule has 0 radical (unpaired) electrons. The van der Waals surface area contributed by atoms with Gasteiger partial charge in [0.2, 0.25) is 0 Å². The summed E-state index contributed by atoms with van der Waals surface area (Å²) in [6.45, 7) is 2.99. The van der Waals surface area contributed by atoms with E-state index in [0.29, 0.717) is 19.4 Å². The van der Waals surface area contributed by atoms with Gasteiger partial charge in [0.15, 0.2) is 0 Å². The molecule has 1 unspecified atom stereocenters. The number of ether oxygens (including phenoxy) is 1. The Kier molecular flexibility index (Phi) is 3.89. The largest absolute Gasteiger partial charge is 0.480 e. The molecular weight excluding hydrogens is 182 g/mol. The summed E-state index contributed by atoms with van der Waals surface area (Å²) in [5.41, 5.74) is 4.45. The lowest BCUT2D eigenvalue weighted by Gasteiger charge is -2.18. The van der Waals surface area contributed by atoms with Crippen molar-refractivity contribution in [2.45, 2.75) is 38.1 Å². The van der Waals surface area contributed by atoms with Crippen LogP contribution in [-0.2, 0) is 9.53 Å². The lowest BCUT2D eigenvalue weighted by molar-refractivity contribution is -0.143. The van der Waals surface area contributed by atoms with Crippen molar-refractivity contribution in [2.24, 2.45) is 11.7 Å². The molecule has 1 atom stereocenters. The zero-order chi connectivity index (χ0) is 10.6. The molecule has 14 heavy (non-hydrogen) atoms. The summed E-state index contributed by atoms with van der Waals surface area (Å²) >= 11 is 0. The summed E-state index contributed by atoms with van der Waals surface area (Å²) < 4.78 is 5.38. The van der Waals surface area contributed by atoms with Gasteiger partial charge in [0.25, 0.3) is 0 Å². The van der Waals surface area contributed by atoms with E-state index in [1.165, 1.54) is 19.8 Å². The first-order valence-electron chi connectivity index (χ1n) is 5.12. The van der Waals surface area contributed by atoms with Crippen molar-refractivity contribution in [2.75, 3.05) is 13.2 Å². The fourth-order valence-corrected chi connectivity index (χ4v) is 1.18. The maximum Gasteiger partial charge on any atom is 0.323 e. The highest BCUT2D eigenvalue weighted by molar-refractivity contribution is 5.77. The van der Waals surface area contributed by atoms with E-state index >= 15 is 0 Å². The van der Waals surface area contributed by atoms with E-state index in [9.17, 15) is 4.79 Å². The Bertz CT molecular complexity index is 200. The second-order valence-electron chi connectivity index (χ2n) is 4.34. The molecule has 4 nitrogen and oxygen atoms in total. The van der Waals surface area contributed by atoms with Crippen molar-refractivity contribution in [1.82, 2.24) is 0 Å². The van der Waals surface area contributed by atoms with E-state index in [4.69, 9.17) is 15.6 Å².